The van der Waals surface area contributed by atoms with Gasteiger partial charge in [-0.1, -0.05) is 18.2 Å². The summed E-state index contributed by atoms with van der Waals surface area (Å²) in [6.45, 7) is 5.08. The maximum atomic E-state index is 14.8. The molecule has 41 heavy (non-hydrogen) atoms. The Kier molecular flexibility index (Phi) is 7.33. The number of halogens is 4. The Labute approximate surface area is 246 Å². The van der Waals surface area contributed by atoms with Gasteiger partial charge in [0.25, 0.3) is 0 Å². The molecule has 2 aliphatic heterocycles. The number of carbonyl (C=O) groups is 1. The number of thiophene rings is 1. The molecule has 1 aromatic carbocycles. The van der Waals surface area contributed by atoms with Gasteiger partial charge in [0.2, 0.25) is 5.91 Å². The van der Waals surface area contributed by atoms with Crippen molar-refractivity contribution in [2.75, 3.05) is 36.8 Å². The number of benzene rings is 1. The van der Waals surface area contributed by atoms with E-state index in [0.717, 1.165) is 23.0 Å². The Morgan fingerprint density at radius 3 is 2.51 bits per heavy atom. The molecule has 13 heteroatoms. The number of anilines is 1. The molecule has 0 aliphatic carbocycles. The molecule has 6 rings (SSSR count). The topological polar surface area (TPSA) is 71.3 Å². The standard InChI is InChI=1S/C28H23ClF3N5O2S2/c1-2-22(38)35-7-9-36(10-8-35)26-19-12-20(28(30,31)32)23(21-11-18(29)15-40-21)25-24(19)37(27(39)34-26)13-17(14-41-25)16-3-5-33-6-4-16/h2-6,11-12,15,17H,1,7-10,13-14H2/t17-/m0/s1. The Morgan fingerprint density at radius 2 is 1.88 bits per heavy atom. The van der Waals surface area contributed by atoms with Crippen LogP contribution >= 0.6 is 34.7 Å². The van der Waals surface area contributed by atoms with Crippen LogP contribution in [0.25, 0.3) is 21.3 Å². The molecule has 0 N–H and O–H groups in total. The van der Waals surface area contributed by atoms with Crippen molar-refractivity contribution in [3.05, 3.63) is 81.3 Å². The van der Waals surface area contributed by atoms with Crippen molar-refractivity contribution in [1.29, 1.82) is 0 Å². The minimum atomic E-state index is -4.68. The quantitative estimate of drug-likeness (QED) is 0.265. The molecule has 0 saturated carbocycles. The second-order valence-electron chi connectivity index (χ2n) is 9.78. The Hall–Kier alpha value is -3.35. The summed E-state index contributed by atoms with van der Waals surface area (Å²) < 4.78 is 45.8. The van der Waals surface area contributed by atoms with Gasteiger partial charge < -0.3 is 9.80 Å². The van der Waals surface area contributed by atoms with Crippen LogP contribution in [0.4, 0.5) is 19.0 Å². The molecule has 1 saturated heterocycles. The zero-order valence-electron chi connectivity index (χ0n) is 21.5. The van der Waals surface area contributed by atoms with Gasteiger partial charge in [0.1, 0.15) is 5.82 Å². The number of nitrogens with zero attached hydrogens (tertiary/aromatic N) is 5. The summed E-state index contributed by atoms with van der Waals surface area (Å²) in [5.41, 5.74) is 0.0498. The van der Waals surface area contributed by atoms with Gasteiger partial charge in [-0.25, -0.2) is 4.79 Å². The van der Waals surface area contributed by atoms with Gasteiger partial charge >= 0.3 is 11.9 Å². The first-order valence-electron chi connectivity index (χ1n) is 12.8. The average Bonchev–Trinajstić information content (AvgIpc) is 3.29. The number of alkyl halides is 3. The van der Waals surface area contributed by atoms with Crippen LogP contribution < -0.4 is 10.6 Å². The highest BCUT2D eigenvalue weighted by atomic mass is 35.5. The second-order valence-corrected chi connectivity index (χ2v) is 12.2. The fourth-order valence-electron chi connectivity index (χ4n) is 5.42. The highest BCUT2D eigenvalue weighted by molar-refractivity contribution is 7.99. The Bertz CT molecular complexity index is 1720. The van der Waals surface area contributed by atoms with Crippen molar-refractivity contribution in [1.82, 2.24) is 19.4 Å². The van der Waals surface area contributed by atoms with E-state index in [1.165, 1.54) is 28.5 Å². The SMILES string of the molecule is C=CC(=O)N1CCN(c2nc(=O)n3c4c(c(-c5cc(Cl)cs5)c(C(F)(F)F)cc24)SC[C@@H](c2ccncc2)C3)CC1. The van der Waals surface area contributed by atoms with Crippen LogP contribution in [0.15, 0.2) is 64.4 Å². The summed E-state index contributed by atoms with van der Waals surface area (Å²) in [7, 11) is 0. The number of piperazine rings is 1. The van der Waals surface area contributed by atoms with Gasteiger partial charge in [-0.05, 0) is 35.9 Å². The van der Waals surface area contributed by atoms with E-state index in [0.29, 0.717) is 52.2 Å². The summed E-state index contributed by atoms with van der Waals surface area (Å²) in [6.07, 6.45) is -0.123. The van der Waals surface area contributed by atoms with Crippen molar-refractivity contribution in [2.45, 2.75) is 23.5 Å². The number of thioether (sulfide) groups is 1. The van der Waals surface area contributed by atoms with Crippen LogP contribution in [-0.4, -0.2) is 57.3 Å². The van der Waals surface area contributed by atoms with Gasteiger partial charge in [-0.2, -0.15) is 18.2 Å². The Morgan fingerprint density at radius 1 is 1.15 bits per heavy atom. The molecule has 0 bridgehead atoms. The van der Waals surface area contributed by atoms with E-state index in [9.17, 15) is 22.8 Å². The molecule has 0 spiro atoms. The number of hydrogen-bond acceptors (Lipinski definition) is 7. The largest absolute Gasteiger partial charge is 0.417 e. The lowest BCUT2D eigenvalue weighted by Gasteiger charge is -2.35. The molecule has 212 valence electrons. The van der Waals surface area contributed by atoms with Gasteiger partial charge in [-0.15, -0.1) is 23.1 Å². The van der Waals surface area contributed by atoms with Crippen LogP contribution in [0.5, 0.6) is 0 Å². The second kappa shape index (κ2) is 10.8. The van der Waals surface area contributed by atoms with Gasteiger partial charge in [0.05, 0.1) is 16.1 Å². The zero-order chi connectivity index (χ0) is 28.9. The molecule has 3 aromatic heterocycles. The summed E-state index contributed by atoms with van der Waals surface area (Å²) in [4.78, 5) is 38.4. The van der Waals surface area contributed by atoms with Gasteiger partial charge in [0, 0.05) is 82.9 Å². The minimum absolute atomic E-state index is 0.0222. The van der Waals surface area contributed by atoms with Crippen molar-refractivity contribution in [2.24, 2.45) is 0 Å². The number of aromatic nitrogens is 3. The maximum Gasteiger partial charge on any atom is 0.417 e. The molecule has 7 nitrogen and oxygen atoms in total. The number of carbonyl (C=O) groups excluding carboxylic acids is 1. The molecular formula is C28H23ClF3N5O2S2. The van der Waals surface area contributed by atoms with Crippen LogP contribution in [0.3, 0.4) is 0 Å². The van der Waals surface area contributed by atoms with Crippen LogP contribution in [0.2, 0.25) is 5.02 Å². The molecule has 1 fully saturated rings. The van der Waals surface area contributed by atoms with Crippen molar-refractivity contribution >= 4 is 57.3 Å². The highest BCUT2D eigenvalue weighted by Gasteiger charge is 2.39. The van der Waals surface area contributed by atoms with Crippen molar-refractivity contribution in [3.8, 4) is 10.4 Å². The third-order valence-corrected chi connectivity index (χ3v) is 9.94. The maximum absolute atomic E-state index is 14.8. The van der Waals surface area contributed by atoms with Crippen LogP contribution in [-0.2, 0) is 17.5 Å². The minimum Gasteiger partial charge on any atom is -0.352 e. The first-order chi connectivity index (χ1) is 19.7. The lowest BCUT2D eigenvalue weighted by atomic mass is 10.00. The monoisotopic (exact) mass is 617 g/mol. The molecule has 1 atom stereocenters. The smallest absolute Gasteiger partial charge is 0.352 e. The van der Waals surface area contributed by atoms with Gasteiger partial charge in [-0.3, -0.25) is 14.3 Å². The normalized spacial score (nSPS) is 17.5. The van der Waals surface area contributed by atoms with Crippen molar-refractivity contribution in [3.63, 3.8) is 0 Å². The molecular weight excluding hydrogens is 595 g/mol. The Balaban J connectivity index is 1.60. The van der Waals surface area contributed by atoms with Crippen LogP contribution in [0.1, 0.15) is 17.0 Å². The third kappa shape index (κ3) is 5.13. The number of amides is 1. The molecule has 0 radical (unpaired) electrons. The van der Waals surface area contributed by atoms with Crippen molar-refractivity contribution < 1.29 is 18.0 Å². The average molecular weight is 618 g/mol. The van der Waals surface area contributed by atoms with Crippen LogP contribution in [0, 0.1) is 0 Å². The summed E-state index contributed by atoms with van der Waals surface area (Å²) in [5.74, 6) is 0.262. The lowest BCUT2D eigenvalue weighted by Crippen LogP contribution is -2.49. The first-order valence-corrected chi connectivity index (χ1v) is 15.0. The van der Waals surface area contributed by atoms with E-state index in [-0.39, 0.29) is 35.1 Å². The van der Waals surface area contributed by atoms with E-state index in [2.05, 4.69) is 16.5 Å². The summed E-state index contributed by atoms with van der Waals surface area (Å²) in [5, 5.41) is 2.20. The van der Waals surface area contributed by atoms with E-state index in [1.807, 2.05) is 12.1 Å². The molecule has 2 aliphatic rings. The van der Waals surface area contributed by atoms with E-state index < -0.39 is 17.4 Å². The van der Waals surface area contributed by atoms with E-state index >= 15 is 0 Å². The zero-order valence-corrected chi connectivity index (χ0v) is 23.9. The molecule has 1 amide bonds. The summed E-state index contributed by atoms with van der Waals surface area (Å²) in [6, 6.07) is 6.37. The molecule has 0 unspecified atom stereocenters. The predicted molar refractivity (Wildman–Crippen MR) is 156 cm³/mol. The number of pyridine rings is 1. The number of hydrogen-bond donors (Lipinski definition) is 0. The fraction of sp³-hybridized carbons (Fsp3) is 0.286. The lowest BCUT2D eigenvalue weighted by molar-refractivity contribution is -0.137. The van der Waals surface area contributed by atoms with E-state index in [4.69, 9.17) is 11.6 Å². The third-order valence-electron chi connectivity index (χ3n) is 7.39. The first kappa shape index (κ1) is 27.8. The summed E-state index contributed by atoms with van der Waals surface area (Å²) >= 11 is 8.62. The predicted octanol–water partition coefficient (Wildman–Crippen LogP) is 5.92. The molecule has 5 heterocycles. The van der Waals surface area contributed by atoms with E-state index in [1.54, 1.807) is 27.6 Å². The highest BCUT2D eigenvalue weighted by Crippen LogP contribution is 2.50. The number of rotatable bonds is 4. The molecule has 4 aromatic rings. The van der Waals surface area contributed by atoms with Gasteiger partial charge in [0.15, 0.2) is 0 Å². The fourth-order valence-corrected chi connectivity index (χ4v) is 8.01.